The number of aromatic nitrogens is 3. The fourth-order valence-corrected chi connectivity index (χ4v) is 6.77. The van der Waals surface area contributed by atoms with Gasteiger partial charge in [0.1, 0.15) is 18.2 Å². The van der Waals surface area contributed by atoms with Crippen molar-refractivity contribution in [1.82, 2.24) is 19.9 Å². The number of ether oxygens (including phenoxy) is 3. The number of amides is 2. The maximum absolute atomic E-state index is 15.2. The third kappa shape index (κ3) is 4.92. The number of pyridine rings is 3. The van der Waals surface area contributed by atoms with Crippen LogP contribution in [0.3, 0.4) is 0 Å². The summed E-state index contributed by atoms with van der Waals surface area (Å²) < 4.78 is 33.2. The van der Waals surface area contributed by atoms with Gasteiger partial charge in [-0.3, -0.25) is 9.78 Å². The molecule has 3 aliphatic heterocycles. The summed E-state index contributed by atoms with van der Waals surface area (Å²) in [7, 11) is 3.56. The molecule has 0 spiro atoms. The molecular weight excluding hydrogens is 571 g/mol. The van der Waals surface area contributed by atoms with Gasteiger partial charge in [0.05, 0.1) is 40.5 Å². The molecule has 6 heterocycles. The molecule has 2 amide bonds. The maximum Gasteiger partial charge on any atom is 0.407 e. The number of fused-ring (bicyclic) bond motifs is 5. The van der Waals surface area contributed by atoms with E-state index in [1.807, 2.05) is 19.2 Å². The van der Waals surface area contributed by atoms with Gasteiger partial charge in [-0.1, -0.05) is 0 Å². The first-order valence-corrected chi connectivity index (χ1v) is 15.0. The topological polar surface area (TPSA) is 139 Å². The van der Waals surface area contributed by atoms with Crippen molar-refractivity contribution >= 4 is 34.7 Å². The lowest BCUT2D eigenvalue weighted by Crippen LogP contribution is -2.62. The second-order valence-electron chi connectivity index (χ2n) is 12.6. The average molecular weight is 607 g/mol. The van der Waals surface area contributed by atoms with Crippen LogP contribution in [0.15, 0.2) is 30.5 Å². The molecule has 8 rings (SSSR count). The normalized spacial score (nSPS) is 24.7. The van der Waals surface area contributed by atoms with Gasteiger partial charge in [-0.2, -0.15) is 0 Å². The van der Waals surface area contributed by atoms with Crippen molar-refractivity contribution in [2.24, 2.45) is 0 Å². The highest BCUT2D eigenvalue weighted by molar-refractivity contribution is 5.94. The Balaban J connectivity index is 1.03. The number of rotatable bonds is 9. The highest BCUT2D eigenvalue weighted by atomic mass is 19.1. The standard InChI is InChI=1S/C31H35FN6O6/c1-37(23-5-4-22-27(34-23)35-24(39)16-42-22)30-11-13-31(14-12-30,44-18-30)8-7-19-20(32)15-33-21-3-6-25(36-26(19)21)43-17-29(9-10-29)38(2)28(40)41/h3-6,15H,7-14,16-18H2,1-2H3,(H,40,41)(H,34,35,39). The molecule has 2 bridgehead atoms. The molecule has 2 N–H and O–H groups in total. The van der Waals surface area contributed by atoms with E-state index >= 15 is 4.39 Å². The Morgan fingerprint density at radius 1 is 1.11 bits per heavy atom. The van der Waals surface area contributed by atoms with Crippen LogP contribution in [-0.2, 0) is 16.0 Å². The van der Waals surface area contributed by atoms with Crippen molar-refractivity contribution in [2.75, 3.05) is 44.1 Å². The number of anilines is 2. The van der Waals surface area contributed by atoms with E-state index in [-0.39, 0.29) is 30.3 Å². The van der Waals surface area contributed by atoms with Gasteiger partial charge in [0.25, 0.3) is 5.91 Å². The van der Waals surface area contributed by atoms with Crippen molar-refractivity contribution in [3.63, 3.8) is 0 Å². The smallest absolute Gasteiger partial charge is 0.407 e. The number of halogens is 1. The number of carboxylic acid groups (broad SMARTS) is 1. The van der Waals surface area contributed by atoms with Crippen LogP contribution < -0.4 is 19.7 Å². The van der Waals surface area contributed by atoms with E-state index in [0.29, 0.717) is 53.5 Å². The lowest BCUT2D eigenvalue weighted by atomic mass is 9.68. The van der Waals surface area contributed by atoms with Crippen LogP contribution in [0.1, 0.15) is 50.5 Å². The zero-order chi connectivity index (χ0) is 30.7. The van der Waals surface area contributed by atoms with E-state index in [2.05, 4.69) is 25.2 Å². The summed E-state index contributed by atoms with van der Waals surface area (Å²) in [4.78, 5) is 40.2. The van der Waals surface area contributed by atoms with Crippen LogP contribution in [0.4, 0.5) is 20.8 Å². The number of hydrogen-bond acceptors (Lipinski definition) is 9. The Kier molecular flexibility index (Phi) is 6.76. The summed E-state index contributed by atoms with van der Waals surface area (Å²) in [6.07, 6.45) is 6.21. The molecule has 0 atom stereocenters. The minimum absolute atomic E-state index is 0.0129. The fourth-order valence-electron chi connectivity index (χ4n) is 6.77. The van der Waals surface area contributed by atoms with E-state index in [9.17, 15) is 14.7 Å². The van der Waals surface area contributed by atoms with Crippen LogP contribution in [0, 0.1) is 5.82 Å². The molecule has 12 nitrogen and oxygen atoms in total. The van der Waals surface area contributed by atoms with Gasteiger partial charge < -0.3 is 34.4 Å². The van der Waals surface area contributed by atoms with Crippen LogP contribution >= 0.6 is 0 Å². The number of nitrogens with zero attached hydrogens (tertiary/aromatic N) is 5. The number of carbonyl (C=O) groups excluding carboxylic acids is 1. The van der Waals surface area contributed by atoms with Crippen LogP contribution in [0.25, 0.3) is 11.0 Å². The molecule has 3 aromatic heterocycles. The van der Waals surface area contributed by atoms with Gasteiger partial charge in [-0.05, 0) is 69.6 Å². The Bertz CT molecular complexity index is 1620. The summed E-state index contributed by atoms with van der Waals surface area (Å²) >= 11 is 0. The Labute approximate surface area is 253 Å². The second kappa shape index (κ2) is 10.4. The predicted octanol–water partition coefficient (Wildman–Crippen LogP) is 4.17. The molecule has 44 heavy (non-hydrogen) atoms. The van der Waals surface area contributed by atoms with Crippen molar-refractivity contribution < 1.29 is 33.3 Å². The molecule has 3 aromatic rings. The minimum atomic E-state index is -0.998. The number of likely N-dealkylation sites (N-methyl/N-ethyl adjacent to an activating group) is 2. The Morgan fingerprint density at radius 2 is 1.91 bits per heavy atom. The summed E-state index contributed by atoms with van der Waals surface area (Å²) in [5.41, 5.74) is 0.369. The maximum atomic E-state index is 15.2. The third-order valence-electron chi connectivity index (χ3n) is 10.1. The largest absolute Gasteiger partial charge is 0.480 e. The summed E-state index contributed by atoms with van der Waals surface area (Å²) in [5.74, 6) is 1.40. The molecule has 13 heteroatoms. The molecule has 2 saturated heterocycles. The lowest BCUT2D eigenvalue weighted by Gasteiger charge is -2.56. The zero-order valence-corrected chi connectivity index (χ0v) is 24.8. The van der Waals surface area contributed by atoms with E-state index in [1.165, 1.54) is 11.1 Å². The van der Waals surface area contributed by atoms with Gasteiger partial charge in [0, 0.05) is 25.7 Å². The predicted molar refractivity (Wildman–Crippen MR) is 158 cm³/mol. The number of aryl methyl sites for hydroxylation is 1. The van der Waals surface area contributed by atoms with E-state index in [4.69, 9.17) is 14.2 Å². The van der Waals surface area contributed by atoms with E-state index < -0.39 is 17.4 Å². The molecule has 0 unspecified atom stereocenters. The molecule has 232 valence electrons. The Hall–Kier alpha value is -4.26. The quantitative estimate of drug-likeness (QED) is 0.365. The van der Waals surface area contributed by atoms with Crippen molar-refractivity contribution in [3.05, 3.63) is 41.8 Å². The van der Waals surface area contributed by atoms with Crippen LogP contribution in [0.2, 0.25) is 0 Å². The molecule has 0 aromatic carbocycles. The number of nitrogens with one attached hydrogen (secondary N) is 1. The third-order valence-corrected chi connectivity index (χ3v) is 10.1. The van der Waals surface area contributed by atoms with Gasteiger partial charge in [0.2, 0.25) is 5.88 Å². The molecular formula is C31H35FN6O6. The highest BCUT2D eigenvalue weighted by Gasteiger charge is 2.52. The van der Waals surface area contributed by atoms with Crippen molar-refractivity contribution in [2.45, 2.75) is 68.0 Å². The fraction of sp³-hybridized carbons (Fsp3) is 0.516. The SMILES string of the molecule is CN(C(=O)O)C1(COc2ccc3ncc(F)c(CCC45CCC(N(C)c6ccc7c(n6)NC(=O)CO7)(CC4)CO5)c3n2)CC1. The van der Waals surface area contributed by atoms with Gasteiger partial charge in [-0.15, -0.1) is 0 Å². The first-order chi connectivity index (χ1) is 21.1. The highest BCUT2D eigenvalue weighted by Crippen LogP contribution is 2.49. The number of hydrogen-bond donors (Lipinski definition) is 2. The lowest BCUT2D eigenvalue weighted by molar-refractivity contribution is -0.156. The average Bonchev–Trinajstić information content (AvgIpc) is 3.84. The van der Waals surface area contributed by atoms with Crippen LogP contribution in [0.5, 0.6) is 11.6 Å². The van der Waals surface area contributed by atoms with Crippen LogP contribution in [-0.4, -0.2) is 87.6 Å². The molecule has 4 fully saturated rings. The summed E-state index contributed by atoms with van der Waals surface area (Å²) in [5, 5.41) is 12.2. The summed E-state index contributed by atoms with van der Waals surface area (Å²) in [6, 6.07) is 7.18. The second-order valence-corrected chi connectivity index (χ2v) is 12.6. The molecule has 5 aliphatic rings. The summed E-state index contributed by atoms with van der Waals surface area (Å²) in [6.45, 7) is 0.692. The monoisotopic (exact) mass is 606 g/mol. The Morgan fingerprint density at radius 3 is 2.61 bits per heavy atom. The van der Waals surface area contributed by atoms with E-state index in [0.717, 1.165) is 44.3 Å². The minimum Gasteiger partial charge on any atom is -0.480 e. The molecule has 2 aliphatic carbocycles. The first-order valence-electron chi connectivity index (χ1n) is 15.0. The van der Waals surface area contributed by atoms with Gasteiger partial charge in [0.15, 0.2) is 18.2 Å². The molecule has 2 saturated carbocycles. The van der Waals surface area contributed by atoms with Gasteiger partial charge in [-0.25, -0.2) is 19.2 Å². The number of carbonyl (C=O) groups is 2. The molecule has 0 radical (unpaired) electrons. The zero-order valence-electron chi connectivity index (χ0n) is 24.8. The van der Waals surface area contributed by atoms with Crippen molar-refractivity contribution in [1.29, 1.82) is 0 Å². The first kappa shape index (κ1) is 28.5. The van der Waals surface area contributed by atoms with E-state index in [1.54, 1.807) is 19.2 Å². The van der Waals surface area contributed by atoms with Crippen molar-refractivity contribution in [3.8, 4) is 11.6 Å². The van der Waals surface area contributed by atoms with Gasteiger partial charge >= 0.3 is 6.09 Å².